The van der Waals surface area contributed by atoms with Crippen LogP contribution in [0.4, 0.5) is 21.8 Å². The molecule has 6 nitrogen and oxygen atoms in total. The number of nitrogens with one attached hydrogen (secondary N) is 2. The minimum Gasteiger partial charge on any atom is -0.354 e. The third-order valence-electron chi connectivity index (χ3n) is 3.67. The third kappa shape index (κ3) is 3.75. The minimum absolute atomic E-state index is 0.293. The first-order valence-corrected chi connectivity index (χ1v) is 8.93. The molecule has 2 N–H and O–H groups in total. The van der Waals surface area contributed by atoms with E-state index in [1.807, 2.05) is 6.07 Å². The lowest BCUT2D eigenvalue weighted by molar-refractivity contribution is 0.628. The smallest absolute Gasteiger partial charge is 0.226 e. The van der Waals surface area contributed by atoms with Crippen molar-refractivity contribution in [2.75, 3.05) is 17.2 Å². The zero-order valence-corrected chi connectivity index (χ0v) is 14.5. The SMILES string of the molecule is Fc1ccc(Nc2nc(NCCc3cccs3)nc3nccnc23)cc1. The van der Waals surface area contributed by atoms with Crippen molar-refractivity contribution in [1.82, 2.24) is 19.9 Å². The van der Waals surface area contributed by atoms with Gasteiger partial charge in [-0.25, -0.2) is 14.4 Å². The second kappa shape index (κ2) is 7.40. The van der Waals surface area contributed by atoms with E-state index in [1.165, 1.54) is 17.0 Å². The molecular weight excluding hydrogens is 351 g/mol. The van der Waals surface area contributed by atoms with E-state index in [0.717, 1.165) is 6.42 Å². The normalized spacial score (nSPS) is 10.8. The summed E-state index contributed by atoms with van der Waals surface area (Å²) < 4.78 is 13.1. The molecule has 0 bridgehead atoms. The Morgan fingerprint density at radius 3 is 2.65 bits per heavy atom. The molecule has 3 aromatic heterocycles. The number of benzene rings is 1. The fourth-order valence-electron chi connectivity index (χ4n) is 2.45. The quantitative estimate of drug-likeness (QED) is 0.537. The van der Waals surface area contributed by atoms with Crippen molar-refractivity contribution in [3.05, 3.63) is 64.9 Å². The molecule has 0 saturated carbocycles. The van der Waals surface area contributed by atoms with Crippen molar-refractivity contribution in [1.29, 1.82) is 0 Å². The van der Waals surface area contributed by atoms with Gasteiger partial charge in [0, 0.05) is 29.5 Å². The first-order valence-electron chi connectivity index (χ1n) is 8.05. The zero-order chi connectivity index (χ0) is 17.8. The number of hydrogen-bond donors (Lipinski definition) is 2. The highest BCUT2D eigenvalue weighted by atomic mass is 32.1. The summed E-state index contributed by atoms with van der Waals surface area (Å²) >= 11 is 1.72. The van der Waals surface area contributed by atoms with E-state index in [2.05, 4.69) is 42.0 Å². The number of hydrogen-bond acceptors (Lipinski definition) is 7. The number of rotatable bonds is 6. The van der Waals surface area contributed by atoms with Crippen LogP contribution in [-0.4, -0.2) is 26.5 Å². The fourth-order valence-corrected chi connectivity index (χ4v) is 3.16. The van der Waals surface area contributed by atoms with E-state index in [0.29, 0.717) is 35.2 Å². The van der Waals surface area contributed by atoms with Gasteiger partial charge in [0.15, 0.2) is 17.0 Å². The molecule has 0 saturated heterocycles. The van der Waals surface area contributed by atoms with Crippen molar-refractivity contribution in [3.63, 3.8) is 0 Å². The van der Waals surface area contributed by atoms with Gasteiger partial charge in [0.25, 0.3) is 0 Å². The summed E-state index contributed by atoms with van der Waals surface area (Å²) in [6, 6.07) is 10.2. The maximum Gasteiger partial charge on any atom is 0.226 e. The Morgan fingerprint density at radius 2 is 1.85 bits per heavy atom. The molecule has 0 spiro atoms. The summed E-state index contributed by atoms with van der Waals surface area (Å²) in [5, 5.41) is 8.45. The van der Waals surface area contributed by atoms with Crippen LogP contribution in [0.2, 0.25) is 0 Å². The molecule has 0 radical (unpaired) electrons. The predicted molar refractivity (Wildman–Crippen MR) is 101 cm³/mol. The van der Waals surface area contributed by atoms with Gasteiger partial charge in [0.05, 0.1) is 0 Å². The molecule has 0 aliphatic heterocycles. The fraction of sp³-hybridized carbons (Fsp3) is 0.111. The molecule has 0 aliphatic carbocycles. The lowest BCUT2D eigenvalue weighted by atomic mass is 10.3. The number of aromatic nitrogens is 4. The first-order chi connectivity index (χ1) is 12.8. The maximum absolute atomic E-state index is 13.1. The van der Waals surface area contributed by atoms with Gasteiger partial charge in [0.1, 0.15) is 5.82 Å². The van der Waals surface area contributed by atoms with E-state index in [4.69, 9.17) is 0 Å². The van der Waals surface area contributed by atoms with Gasteiger partial charge in [-0.2, -0.15) is 9.97 Å². The number of nitrogens with zero attached hydrogens (tertiary/aromatic N) is 4. The summed E-state index contributed by atoms with van der Waals surface area (Å²) in [5.74, 6) is 0.700. The van der Waals surface area contributed by atoms with Crippen molar-refractivity contribution < 1.29 is 4.39 Å². The lowest BCUT2D eigenvalue weighted by Crippen LogP contribution is -2.09. The number of fused-ring (bicyclic) bond motifs is 1. The number of halogens is 1. The summed E-state index contributed by atoms with van der Waals surface area (Å²) in [6.45, 7) is 0.711. The second-order valence-corrected chi connectivity index (χ2v) is 6.54. The van der Waals surface area contributed by atoms with Gasteiger partial charge in [0.2, 0.25) is 5.95 Å². The monoisotopic (exact) mass is 366 g/mol. The van der Waals surface area contributed by atoms with Crippen LogP contribution in [-0.2, 0) is 6.42 Å². The Morgan fingerprint density at radius 1 is 1.00 bits per heavy atom. The van der Waals surface area contributed by atoms with E-state index in [9.17, 15) is 4.39 Å². The topological polar surface area (TPSA) is 75.6 Å². The van der Waals surface area contributed by atoms with Gasteiger partial charge in [-0.1, -0.05) is 6.07 Å². The summed E-state index contributed by atoms with van der Waals surface area (Å²) in [7, 11) is 0. The van der Waals surface area contributed by atoms with Crippen LogP contribution in [0.25, 0.3) is 11.2 Å². The van der Waals surface area contributed by atoms with Crippen LogP contribution < -0.4 is 10.6 Å². The Bertz CT molecular complexity index is 1000. The van der Waals surface area contributed by atoms with E-state index >= 15 is 0 Å². The van der Waals surface area contributed by atoms with Crippen molar-refractivity contribution in [3.8, 4) is 0 Å². The Hall–Kier alpha value is -3.13. The van der Waals surface area contributed by atoms with Crippen LogP contribution in [0.5, 0.6) is 0 Å². The standard InChI is InChI=1S/C18H15FN6S/c19-12-3-5-13(6-4-12)23-17-15-16(21-10-9-20-15)24-18(25-17)22-8-7-14-2-1-11-26-14/h1-6,9-11H,7-8H2,(H2,21,22,23,24,25). The van der Waals surface area contributed by atoms with Gasteiger partial charge in [-0.3, -0.25) is 0 Å². The van der Waals surface area contributed by atoms with E-state index in [1.54, 1.807) is 35.9 Å². The Kier molecular flexibility index (Phi) is 4.65. The van der Waals surface area contributed by atoms with Gasteiger partial charge < -0.3 is 10.6 Å². The van der Waals surface area contributed by atoms with Crippen molar-refractivity contribution in [2.24, 2.45) is 0 Å². The molecule has 3 heterocycles. The first kappa shape index (κ1) is 16.3. The molecule has 130 valence electrons. The van der Waals surface area contributed by atoms with Gasteiger partial charge >= 0.3 is 0 Å². The van der Waals surface area contributed by atoms with Gasteiger partial charge in [-0.15, -0.1) is 11.3 Å². The van der Waals surface area contributed by atoms with Crippen LogP contribution in [0, 0.1) is 5.82 Å². The summed E-state index contributed by atoms with van der Waals surface area (Å²) in [4.78, 5) is 18.8. The third-order valence-corrected chi connectivity index (χ3v) is 4.61. The largest absolute Gasteiger partial charge is 0.354 e. The summed E-state index contributed by atoms with van der Waals surface area (Å²) in [6.07, 6.45) is 4.07. The highest BCUT2D eigenvalue weighted by Crippen LogP contribution is 2.22. The number of thiophene rings is 1. The van der Waals surface area contributed by atoms with Crippen molar-refractivity contribution >= 4 is 40.0 Å². The molecule has 4 rings (SSSR count). The zero-order valence-electron chi connectivity index (χ0n) is 13.7. The molecule has 0 unspecified atom stereocenters. The molecule has 4 aromatic rings. The molecule has 1 aromatic carbocycles. The van der Waals surface area contributed by atoms with Crippen LogP contribution in [0.1, 0.15) is 4.88 Å². The highest BCUT2D eigenvalue weighted by molar-refractivity contribution is 7.09. The minimum atomic E-state index is -0.293. The van der Waals surface area contributed by atoms with Crippen LogP contribution >= 0.6 is 11.3 Å². The molecular formula is C18H15FN6S. The van der Waals surface area contributed by atoms with E-state index in [-0.39, 0.29) is 5.82 Å². The average molecular weight is 366 g/mol. The van der Waals surface area contributed by atoms with Crippen molar-refractivity contribution in [2.45, 2.75) is 6.42 Å². The molecule has 0 atom stereocenters. The average Bonchev–Trinajstić information content (AvgIpc) is 3.17. The second-order valence-electron chi connectivity index (χ2n) is 5.51. The van der Waals surface area contributed by atoms with E-state index < -0.39 is 0 Å². The Labute approximate surface area is 153 Å². The molecule has 0 amide bonds. The predicted octanol–water partition coefficient (Wildman–Crippen LogP) is 4.02. The highest BCUT2D eigenvalue weighted by Gasteiger charge is 2.10. The maximum atomic E-state index is 13.1. The summed E-state index contributed by atoms with van der Waals surface area (Å²) in [5.41, 5.74) is 1.76. The Balaban J connectivity index is 1.59. The van der Waals surface area contributed by atoms with Crippen LogP contribution in [0.15, 0.2) is 54.2 Å². The molecule has 0 aliphatic rings. The molecule has 0 fully saturated rings. The van der Waals surface area contributed by atoms with Crippen LogP contribution in [0.3, 0.4) is 0 Å². The molecule has 8 heteroatoms. The van der Waals surface area contributed by atoms with Gasteiger partial charge in [-0.05, 0) is 42.1 Å². The lowest BCUT2D eigenvalue weighted by Gasteiger charge is -2.10. The number of anilines is 3. The molecule has 26 heavy (non-hydrogen) atoms.